The van der Waals surface area contributed by atoms with Crippen molar-refractivity contribution in [2.75, 3.05) is 0 Å². The van der Waals surface area contributed by atoms with Crippen LogP contribution in [0.3, 0.4) is 0 Å². The summed E-state index contributed by atoms with van der Waals surface area (Å²) in [5.41, 5.74) is 0. The first kappa shape index (κ1) is 12.5. The summed E-state index contributed by atoms with van der Waals surface area (Å²) >= 11 is 3.72. The van der Waals surface area contributed by atoms with E-state index in [1.807, 2.05) is 0 Å². The maximum atomic E-state index is 3.72. The molecule has 3 unspecified atom stereocenters. The fourth-order valence-electron chi connectivity index (χ4n) is 1.80. The van der Waals surface area contributed by atoms with Gasteiger partial charge in [0.25, 0.3) is 0 Å². The molecule has 0 N–H and O–H groups in total. The summed E-state index contributed by atoms with van der Waals surface area (Å²) < 4.78 is 0. The van der Waals surface area contributed by atoms with Crippen molar-refractivity contribution in [3.8, 4) is 0 Å². The number of alkyl halides is 1. The lowest BCUT2D eigenvalue weighted by atomic mass is 9.91. The van der Waals surface area contributed by atoms with Crippen LogP contribution in [-0.2, 0) is 0 Å². The van der Waals surface area contributed by atoms with Crippen molar-refractivity contribution in [3.63, 3.8) is 0 Å². The summed E-state index contributed by atoms with van der Waals surface area (Å²) in [7, 11) is 0. The highest BCUT2D eigenvalue weighted by Crippen LogP contribution is 2.24. The van der Waals surface area contributed by atoms with Crippen molar-refractivity contribution in [1.82, 2.24) is 0 Å². The smallest absolute Gasteiger partial charge is 0.0168 e. The van der Waals surface area contributed by atoms with Gasteiger partial charge in [0, 0.05) is 4.83 Å². The normalized spacial score (nSPS) is 18.8. The molecule has 0 aliphatic rings. The highest BCUT2D eigenvalue weighted by Gasteiger charge is 2.14. The van der Waals surface area contributed by atoms with Crippen molar-refractivity contribution in [3.05, 3.63) is 0 Å². The molecule has 0 rings (SSSR count). The van der Waals surface area contributed by atoms with E-state index >= 15 is 0 Å². The Morgan fingerprint density at radius 1 is 1.17 bits per heavy atom. The minimum atomic E-state index is 0.719. The molecule has 0 radical (unpaired) electrons. The monoisotopic (exact) mass is 234 g/mol. The predicted molar refractivity (Wildman–Crippen MR) is 60.9 cm³/mol. The van der Waals surface area contributed by atoms with Gasteiger partial charge in [0.05, 0.1) is 0 Å². The van der Waals surface area contributed by atoms with Gasteiger partial charge >= 0.3 is 0 Å². The number of rotatable bonds is 6. The average molecular weight is 235 g/mol. The van der Waals surface area contributed by atoms with Crippen LogP contribution in [0, 0.1) is 11.8 Å². The Bertz CT molecular complexity index is 101. The topological polar surface area (TPSA) is 0 Å². The van der Waals surface area contributed by atoms with E-state index in [4.69, 9.17) is 0 Å². The summed E-state index contributed by atoms with van der Waals surface area (Å²) in [6.45, 7) is 9.25. The molecule has 0 fully saturated rings. The van der Waals surface area contributed by atoms with Gasteiger partial charge in [-0.15, -0.1) is 0 Å². The van der Waals surface area contributed by atoms with Crippen molar-refractivity contribution in [2.45, 2.75) is 58.2 Å². The van der Waals surface area contributed by atoms with E-state index in [1.165, 1.54) is 25.7 Å². The second-order valence-electron chi connectivity index (χ2n) is 4.03. The van der Waals surface area contributed by atoms with Gasteiger partial charge in [-0.05, 0) is 24.7 Å². The summed E-state index contributed by atoms with van der Waals surface area (Å²) in [4.78, 5) is 0.719. The van der Waals surface area contributed by atoms with Crippen molar-refractivity contribution >= 4 is 15.9 Å². The largest absolute Gasteiger partial charge is 0.0888 e. The molecule has 0 aromatic rings. The van der Waals surface area contributed by atoms with Crippen LogP contribution in [0.4, 0.5) is 0 Å². The molecule has 0 bridgehead atoms. The Morgan fingerprint density at radius 2 is 1.75 bits per heavy atom. The van der Waals surface area contributed by atoms with E-state index in [0.29, 0.717) is 0 Å². The van der Waals surface area contributed by atoms with E-state index in [2.05, 4.69) is 43.6 Å². The first-order valence-electron chi connectivity index (χ1n) is 5.25. The molecule has 0 saturated carbocycles. The summed E-state index contributed by atoms with van der Waals surface area (Å²) in [6, 6.07) is 0. The second kappa shape index (κ2) is 6.94. The summed E-state index contributed by atoms with van der Waals surface area (Å²) in [6.07, 6.45) is 5.33. The zero-order chi connectivity index (χ0) is 9.56. The van der Waals surface area contributed by atoms with Crippen molar-refractivity contribution in [1.29, 1.82) is 0 Å². The third-order valence-electron chi connectivity index (χ3n) is 2.56. The zero-order valence-corrected chi connectivity index (χ0v) is 10.5. The number of hydrogen-bond acceptors (Lipinski definition) is 0. The first-order chi connectivity index (χ1) is 5.61. The maximum Gasteiger partial charge on any atom is 0.0168 e. The van der Waals surface area contributed by atoms with Crippen molar-refractivity contribution < 1.29 is 0 Å². The van der Waals surface area contributed by atoms with Crippen LogP contribution in [0.25, 0.3) is 0 Å². The fraction of sp³-hybridized carbons (Fsp3) is 1.00. The van der Waals surface area contributed by atoms with E-state index in [0.717, 1.165) is 16.7 Å². The zero-order valence-electron chi connectivity index (χ0n) is 8.94. The Kier molecular flexibility index (Phi) is 7.22. The average Bonchev–Trinajstić information content (AvgIpc) is 2.03. The van der Waals surface area contributed by atoms with Crippen LogP contribution in [-0.4, -0.2) is 4.83 Å². The Balaban J connectivity index is 3.59. The molecule has 0 aliphatic heterocycles. The molecule has 0 aromatic heterocycles. The van der Waals surface area contributed by atoms with Gasteiger partial charge in [-0.2, -0.15) is 0 Å². The van der Waals surface area contributed by atoms with Gasteiger partial charge in [-0.1, -0.05) is 56.5 Å². The van der Waals surface area contributed by atoms with Crippen LogP contribution >= 0.6 is 15.9 Å². The molecule has 12 heavy (non-hydrogen) atoms. The summed E-state index contributed by atoms with van der Waals surface area (Å²) in [5.74, 6) is 1.73. The second-order valence-corrected chi connectivity index (χ2v) is 5.21. The standard InChI is InChI=1S/C11H23Br/c1-5-7-9(3)8-10(4)11(12)6-2/h9-11H,5-8H2,1-4H3. The molecule has 0 aromatic carbocycles. The third kappa shape index (κ3) is 5.18. The Hall–Kier alpha value is 0.480. The Morgan fingerprint density at radius 3 is 2.17 bits per heavy atom. The lowest BCUT2D eigenvalue weighted by Crippen LogP contribution is -2.13. The predicted octanol–water partition coefficient (Wildman–Crippen LogP) is 4.62. The third-order valence-corrected chi connectivity index (χ3v) is 4.11. The first-order valence-corrected chi connectivity index (χ1v) is 6.17. The molecule has 3 atom stereocenters. The highest BCUT2D eigenvalue weighted by molar-refractivity contribution is 9.09. The molecule has 0 saturated heterocycles. The van der Waals surface area contributed by atoms with Crippen LogP contribution < -0.4 is 0 Å². The SMILES string of the molecule is CCCC(C)CC(C)C(Br)CC. The number of halogens is 1. The molecular formula is C11H23Br. The van der Waals surface area contributed by atoms with Gasteiger partial charge < -0.3 is 0 Å². The molecule has 0 spiro atoms. The fourth-order valence-corrected chi connectivity index (χ4v) is 2.01. The van der Waals surface area contributed by atoms with E-state index < -0.39 is 0 Å². The molecule has 1 heteroatoms. The molecule has 0 heterocycles. The quantitative estimate of drug-likeness (QED) is 0.589. The van der Waals surface area contributed by atoms with Gasteiger partial charge in [-0.3, -0.25) is 0 Å². The van der Waals surface area contributed by atoms with Crippen LogP contribution in [0.1, 0.15) is 53.4 Å². The Labute approximate surface area is 86.3 Å². The van der Waals surface area contributed by atoms with Crippen LogP contribution in [0.5, 0.6) is 0 Å². The summed E-state index contributed by atoms with van der Waals surface area (Å²) in [5, 5.41) is 0. The van der Waals surface area contributed by atoms with Crippen LogP contribution in [0.2, 0.25) is 0 Å². The molecule has 0 nitrogen and oxygen atoms in total. The minimum absolute atomic E-state index is 0.719. The van der Waals surface area contributed by atoms with Gasteiger partial charge in [0.15, 0.2) is 0 Å². The maximum absolute atomic E-state index is 3.72. The van der Waals surface area contributed by atoms with Crippen LogP contribution in [0.15, 0.2) is 0 Å². The molecule has 0 amide bonds. The molecule has 74 valence electrons. The minimum Gasteiger partial charge on any atom is -0.0888 e. The lowest BCUT2D eigenvalue weighted by Gasteiger charge is -2.20. The lowest BCUT2D eigenvalue weighted by molar-refractivity contribution is 0.383. The molecule has 0 aliphatic carbocycles. The van der Waals surface area contributed by atoms with E-state index in [-0.39, 0.29) is 0 Å². The van der Waals surface area contributed by atoms with Gasteiger partial charge in [0.1, 0.15) is 0 Å². The van der Waals surface area contributed by atoms with Gasteiger partial charge in [-0.25, -0.2) is 0 Å². The highest BCUT2D eigenvalue weighted by atomic mass is 79.9. The molecular weight excluding hydrogens is 212 g/mol. The number of hydrogen-bond donors (Lipinski definition) is 0. The van der Waals surface area contributed by atoms with Gasteiger partial charge in [0.2, 0.25) is 0 Å². The van der Waals surface area contributed by atoms with Crippen molar-refractivity contribution in [2.24, 2.45) is 11.8 Å². The van der Waals surface area contributed by atoms with E-state index in [1.54, 1.807) is 0 Å². The van der Waals surface area contributed by atoms with E-state index in [9.17, 15) is 0 Å².